The lowest BCUT2D eigenvalue weighted by atomic mass is 9.95. The van der Waals surface area contributed by atoms with Gasteiger partial charge in [0.25, 0.3) is 5.91 Å². The highest BCUT2D eigenvalue weighted by Gasteiger charge is 2.18. The van der Waals surface area contributed by atoms with E-state index in [1.807, 2.05) is 30.3 Å². The number of benzene rings is 1. The van der Waals surface area contributed by atoms with Gasteiger partial charge >= 0.3 is 0 Å². The third-order valence-electron chi connectivity index (χ3n) is 4.27. The van der Waals surface area contributed by atoms with Gasteiger partial charge in [-0.15, -0.1) is 22.7 Å². The van der Waals surface area contributed by atoms with E-state index in [2.05, 4.69) is 16.4 Å². The lowest BCUT2D eigenvalue weighted by molar-refractivity contribution is 0.0932. The number of carbonyl (C=O) groups is 1. The topological polar surface area (TPSA) is 42.0 Å². The van der Waals surface area contributed by atoms with Gasteiger partial charge < -0.3 is 5.32 Å². The molecule has 1 saturated carbocycles. The van der Waals surface area contributed by atoms with Crippen molar-refractivity contribution in [1.82, 2.24) is 10.3 Å². The average Bonchev–Trinajstić information content (AvgIpc) is 3.22. The first-order valence-electron chi connectivity index (χ1n) is 8.06. The molecule has 1 fully saturated rings. The number of para-hydroxylation sites is 1. The summed E-state index contributed by atoms with van der Waals surface area (Å²) in [6.07, 6.45) is 5.98. The lowest BCUT2D eigenvalue weighted by Gasteiger charge is -2.22. The summed E-state index contributed by atoms with van der Waals surface area (Å²) in [6, 6.07) is 12.4. The van der Waals surface area contributed by atoms with Crippen molar-refractivity contribution < 1.29 is 4.79 Å². The normalized spacial score (nSPS) is 15.8. The summed E-state index contributed by atoms with van der Waals surface area (Å²) in [4.78, 5) is 18.9. The Balaban J connectivity index is 1.52. The van der Waals surface area contributed by atoms with E-state index < -0.39 is 0 Å². The molecule has 1 aliphatic carbocycles. The van der Waals surface area contributed by atoms with Gasteiger partial charge in [0.15, 0.2) is 0 Å². The van der Waals surface area contributed by atoms with Gasteiger partial charge in [-0.1, -0.05) is 31.4 Å². The standard InChI is InChI=1S/C18H18N2OS2/c21-17(19-12-6-2-1-3-7-12)15-10-11-16(22-15)18-20-13-8-4-5-9-14(13)23-18/h4-5,8-12H,1-3,6-7H2,(H,19,21). The summed E-state index contributed by atoms with van der Waals surface area (Å²) in [7, 11) is 0. The van der Waals surface area contributed by atoms with Crippen molar-refractivity contribution in [3.8, 4) is 9.88 Å². The zero-order valence-corrected chi connectivity index (χ0v) is 14.4. The monoisotopic (exact) mass is 342 g/mol. The molecule has 0 radical (unpaired) electrons. The number of hydrogen-bond acceptors (Lipinski definition) is 4. The third kappa shape index (κ3) is 3.16. The van der Waals surface area contributed by atoms with Gasteiger partial charge in [-0.3, -0.25) is 4.79 Å². The van der Waals surface area contributed by atoms with Crippen molar-refractivity contribution in [2.45, 2.75) is 38.1 Å². The van der Waals surface area contributed by atoms with E-state index in [0.29, 0.717) is 6.04 Å². The highest BCUT2D eigenvalue weighted by atomic mass is 32.1. The second kappa shape index (κ2) is 6.42. The van der Waals surface area contributed by atoms with Gasteiger partial charge in [0.1, 0.15) is 5.01 Å². The molecule has 0 bridgehead atoms. The molecule has 3 nitrogen and oxygen atoms in total. The van der Waals surface area contributed by atoms with Crippen LogP contribution in [0, 0.1) is 0 Å². The van der Waals surface area contributed by atoms with Gasteiger partial charge in [-0.05, 0) is 37.1 Å². The van der Waals surface area contributed by atoms with E-state index in [1.54, 1.807) is 11.3 Å². The Morgan fingerprint density at radius 2 is 1.87 bits per heavy atom. The maximum Gasteiger partial charge on any atom is 0.261 e. The maximum atomic E-state index is 12.4. The largest absolute Gasteiger partial charge is 0.349 e. The maximum absolute atomic E-state index is 12.4. The highest BCUT2D eigenvalue weighted by Crippen LogP contribution is 2.34. The van der Waals surface area contributed by atoms with E-state index in [-0.39, 0.29) is 5.91 Å². The molecule has 0 spiro atoms. The molecule has 2 heterocycles. The number of thiophene rings is 1. The van der Waals surface area contributed by atoms with Crippen LogP contribution < -0.4 is 5.32 Å². The zero-order chi connectivity index (χ0) is 15.6. The number of amides is 1. The van der Waals surface area contributed by atoms with Crippen LogP contribution in [0.1, 0.15) is 41.8 Å². The van der Waals surface area contributed by atoms with E-state index in [9.17, 15) is 4.79 Å². The van der Waals surface area contributed by atoms with Crippen molar-refractivity contribution >= 4 is 38.8 Å². The summed E-state index contributed by atoms with van der Waals surface area (Å²) in [6.45, 7) is 0. The summed E-state index contributed by atoms with van der Waals surface area (Å²) in [5.74, 6) is 0.0641. The molecule has 23 heavy (non-hydrogen) atoms. The Hall–Kier alpha value is -1.72. The molecule has 3 aromatic rings. The van der Waals surface area contributed by atoms with Crippen LogP contribution in [0.5, 0.6) is 0 Å². The minimum atomic E-state index is 0.0641. The Morgan fingerprint density at radius 3 is 2.70 bits per heavy atom. The minimum Gasteiger partial charge on any atom is -0.349 e. The molecule has 1 aliphatic rings. The molecule has 1 aromatic carbocycles. The molecule has 0 atom stereocenters. The molecular weight excluding hydrogens is 324 g/mol. The number of thiazole rings is 1. The van der Waals surface area contributed by atoms with Gasteiger partial charge in [0.05, 0.1) is 20.0 Å². The molecule has 0 unspecified atom stereocenters. The smallest absolute Gasteiger partial charge is 0.261 e. The number of rotatable bonds is 3. The Kier molecular flexibility index (Phi) is 4.14. The van der Waals surface area contributed by atoms with Crippen molar-refractivity contribution in [3.05, 3.63) is 41.3 Å². The van der Waals surface area contributed by atoms with Crippen LogP contribution in [0.15, 0.2) is 36.4 Å². The zero-order valence-electron chi connectivity index (χ0n) is 12.7. The van der Waals surface area contributed by atoms with Crippen LogP contribution in [0.2, 0.25) is 0 Å². The summed E-state index contributed by atoms with van der Waals surface area (Å²) in [5.41, 5.74) is 1.02. The number of carbonyl (C=O) groups excluding carboxylic acids is 1. The molecule has 4 rings (SSSR count). The first-order valence-corrected chi connectivity index (χ1v) is 9.69. The van der Waals surface area contributed by atoms with Gasteiger partial charge in [0, 0.05) is 6.04 Å². The summed E-state index contributed by atoms with van der Waals surface area (Å²) in [5, 5.41) is 4.17. The SMILES string of the molecule is O=C(NC1CCCCC1)c1ccc(-c2nc3ccccc3s2)s1. The van der Waals surface area contributed by atoms with Crippen LogP contribution in [0.4, 0.5) is 0 Å². The summed E-state index contributed by atoms with van der Waals surface area (Å²) < 4.78 is 1.18. The molecule has 118 valence electrons. The van der Waals surface area contributed by atoms with Crippen LogP contribution in [0.3, 0.4) is 0 Å². The van der Waals surface area contributed by atoms with Crippen LogP contribution in [-0.4, -0.2) is 16.9 Å². The van der Waals surface area contributed by atoms with E-state index in [0.717, 1.165) is 33.1 Å². The molecule has 0 saturated heterocycles. The quantitative estimate of drug-likeness (QED) is 0.720. The predicted octanol–water partition coefficient (Wildman–Crippen LogP) is 5.09. The van der Waals surface area contributed by atoms with E-state index in [1.165, 1.54) is 35.3 Å². The number of hydrogen-bond donors (Lipinski definition) is 1. The molecule has 5 heteroatoms. The van der Waals surface area contributed by atoms with E-state index >= 15 is 0 Å². The second-order valence-electron chi connectivity index (χ2n) is 5.96. The Morgan fingerprint density at radius 1 is 1.04 bits per heavy atom. The Bertz CT molecular complexity index is 797. The fraction of sp³-hybridized carbons (Fsp3) is 0.333. The fourth-order valence-corrected chi connectivity index (χ4v) is 4.99. The van der Waals surface area contributed by atoms with E-state index in [4.69, 9.17) is 0 Å². The Labute approximate surface area is 143 Å². The van der Waals surface area contributed by atoms with Crippen molar-refractivity contribution in [3.63, 3.8) is 0 Å². The fourth-order valence-electron chi connectivity index (χ4n) is 3.06. The van der Waals surface area contributed by atoms with Gasteiger partial charge in [0.2, 0.25) is 0 Å². The van der Waals surface area contributed by atoms with Crippen LogP contribution >= 0.6 is 22.7 Å². The molecular formula is C18H18N2OS2. The van der Waals surface area contributed by atoms with Gasteiger partial charge in [-0.25, -0.2) is 4.98 Å². The second-order valence-corrected chi connectivity index (χ2v) is 8.07. The summed E-state index contributed by atoms with van der Waals surface area (Å²) >= 11 is 3.21. The van der Waals surface area contributed by atoms with Crippen molar-refractivity contribution in [2.75, 3.05) is 0 Å². The number of aromatic nitrogens is 1. The van der Waals surface area contributed by atoms with Gasteiger partial charge in [-0.2, -0.15) is 0 Å². The number of nitrogens with one attached hydrogen (secondary N) is 1. The lowest BCUT2D eigenvalue weighted by Crippen LogP contribution is -2.35. The van der Waals surface area contributed by atoms with Crippen LogP contribution in [0.25, 0.3) is 20.1 Å². The first kappa shape index (κ1) is 14.8. The first-order chi connectivity index (χ1) is 11.3. The third-order valence-corrected chi connectivity index (χ3v) is 6.56. The van der Waals surface area contributed by atoms with Crippen molar-refractivity contribution in [1.29, 1.82) is 0 Å². The predicted molar refractivity (Wildman–Crippen MR) is 97.3 cm³/mol. The number of nitrogens with zero attached hydrogens (tertiary/aromatic N) is 1. The molecule has 1 amide bonds. The van der Waals surface area contributed by atoms with Crippen LogP contribution in [-0.2, 0) is 0 Å². The average molecular weight is 342 g/mol. The minimum absolute atomic E-state index is 0.0641. The molecule has 1 N–H and O–H groups in total. The number of fused-ring (bicyclic) bond motifs is 1. The molecule has 2 aromatic heterocycles. The molecule has 0 aliphatic heterocycles. The highest BCUT2D eigenvalue weighted by molar-refractivity contribution is 7.26. The van der Waals surface area contributed by atoms with Crippen molar-refractivity contribution in [2.24, 2.45) is 0 Å².